The third-order valence-electron chi connectivity index (χ3n) is 6.13. The van der Waals surface area contributed by atoms with Crippen molar-refractivity contribution in [2.45, 2.75) is 64.7 Å². The van der Waals surface area contributed by atoms with Gasteiger partial charge in [0.1, 0.15) is 24.4 Å². The van der Waals surface area contributed by atoms with Gasteiger partial charge in [-0.2, -0.15) is 0 Å². The molecule has 0 bridgehead atoms. The van der Waals surface area contributed by atoms with Gasteiger partial charge in [-0.15, -0.1) is 0 Å². The van der Waals surface area contributed by atoms with E-state index in [0.29, 0.717) is 6.61 Å². The number of ether oxygens (including phenoxy) is 4. The third-order valence-corrected chi connectivity index (χ3v) is 6.13. The summed E-state index contributed by atoms with van der Waals surface area (Å²) in [4.78, 5) is 0. The van der Waals surface area contributed by atoms with Crippen LogP contribution in [0.4, 0.5) is 0 Å². The van der Waals surface area contributed by atoms with Crippen LogP contribution in [0.2, 0.25) is 0 Å². The Labute approximate surface area is 177 Å². The maximum Gasteiger partial charge on any atom is 0.184 e. The topological polar surface area (TPSA) is 77.4 Å². The molecule has 2 aromatic carbocycles. The molecule has 2 N–H and O–H groups in total. The maximum absolute atomic E-state index is 10.5. The highest BCUT2D eigenvalue weighted by Crippen LogP contribution is 2.39. The van der Waals surface area contributed by atoms with Crippen molar-refractivity contribution in [1.29, 1.82) is 0 Å². The van der Waals surface area contributed by atoms with E-state index in [1.54, 1.807) is 0 Å². The maximum atomic E-state index is 10.5. The molecule has 2 aliphatic rings. The summed E-state index contributed by atoms with van der Waals surface area (Å²) < 4.78 is 24.4. The Hall–Kier alpha value is -1.80. The fourth-order valence-electron chi connectivity index (χ4n) is 3.93. The fraction of sp³-hybridized carbons (Fsp3) is 0.500. The van der Waals surface area contributed by atoms with Crippen molar-refractivity contribution in [1.82, 2.24) is 0 Å². The number of rotatable bonds is 4. The molecule has 162 valence electrons. The molecule has 30 heavy (non-hydrogen) atoms. The number of hydrogen-bond acceptors (Lipinski definition) is 6. The normalized spacial score (nSPS) is 30.0. The van der Waals surface area contributed by atoms with Crippen LogP contribution in [0.5, 0.6) is 0 Å². The van der Waals surface area contributed by atoms with Gasteiger partial charge in [0, 0.05) is 11.1 Å². The zero-order valence-electron chi connectivity index (χ0n) is 17.9. The van der Waals surface area contributed by atoms with E-state index in [-0.39, 0.29) is 0 Å². The molecule has 2 fully saturated rings. The number of hydrogen-bond donors (Lipinski definition) is 2. The molecule has 0 aromatic heterocycles. The van der Waals surface area contributed by atoms with Crippen molar-refractivity contribution in [2.75, 3.05) is 13.2 Å². The van der Waals surface area contributed by atoms with Gasteiger partial charge in [-0.25, -0.2) is 0 Å². The van der Waals surface area contributed by atoms with Crippen molar-refractivity contribution in [2.24, 2.45) is 0 Å². The first-order valence-corrected chi connectivity index (χ1v) is 10.4. The average molecular weight is 414 g/mol. The Morgan fingerprint density at radius 1 is 0.833 bits per heavy atom. The lowest BCUT2D eigenvalue weighted by Gasteiger charge is -2.47. The van der Waals surface area contributed by atoms with E-state index in [0.717, 1.165) is 22.3 Å². The number of fused-ring (bicyclic) bond motifs is 1. The van der Waals surface area contributed by atoms with Crippen molar-refractivity contribution in [3.63, 3.8) is 0 Å². The predicted molar refractivity (Wildman–Crippen MR) is 111 cm³/mol. The summed E-state index contributed by atoms with van der Waals surface area (Å²) >= 11 is 0. The standard InChI is InChI=1S/C24H30O6/c1-13-5-7-17(9-15(13)3)23-27-12-20-22(30-23)21(19(26)11-25)29-24(28-20)18-8-6-14(2)16(4)10-18/h5-10,19-26H,11-12H2,1-4H3/t19-,20+,21-,22-,23+,24+/m1/s1. The van der Waals surface area contributed by atoms with E-state index >= 15 is 0 Å². The first kappa shape index (κ1) is 21.4. The van der Waals surface area contributed by atoms with E-state index in [1.807, 2.05) is 57.2 Å². The molecule has 2 aliphatic heterocycles. The molecule has 2 aromatic rings. The summed E-state index contributed by atoms with van der Waals surface area (Å²) in [6.45, 7) is 8.07. The molecule has 6 heteroatoms. The number of aliphatic hydroxyl groups is 2. The SMILES string of the molecule is Cc1ccc([C@@H]2O[C@H]([C@H](O)CO)[C@@H]3O[C@@H](c4ccc(C)c(C)c4)OC[C@@H]3O2)cc1C. The minimum absolute atomic E-state index is 0.307. The highest BCUT2D eigenvalue weighted by Gasteiger charge is 2.48. The van der Waals surface area contributed by atoms with Gasteiger partial charge in [-0.1, -0.05) is 36.4 Å². The van der Waals surface area contributed by atoms with Gasteiger partial charge >= 0.3 is 0 Å². The van der Waals surface area contributed by atoms with Crippen molar-refractivity contribution >= 4 is 0 Å². The van der Waals surface area contributed by atoms with Crippen LogP contribution in [0, 0.1) is 27.7 Å². The van der Waals surface area contributed by atoms with Crippen LogP contribution in [0.3, 0.4) is 0 Å². The summed E-state index contributed by atoms with van der Waals surface area (Å²) in [6.07, 6.45) is -4.05. The minimum Gasteiger partial charge on any atom is -0.394 e. The third kappa shape index (κ3) is 4.17. The van der Waals surface area contributed by atoms with E-state index in [1.165, 1.54) is 11.1 Å². The zero-order chi connectivity index (χ0) is 21.4. The van der Waals surface area contributed by atoms with Gasteiger partial charge in [0.2, 0.25) is 0 Å². The van der Waals surface area contributed by atoms with Crippen molar-refractivity contribution < 1.29 is 29.2 Å². The van der Waals surface area contributed by atoms with Crippen molar-refractivity contribution in [3.8, 4) is 0 Å². The number of aryl methyl sites for hydroxylation is 4. The molecule has 0 saturated carbocycles. The number of benzene rings is 2. The summed E-state index contributed by atoms with van der Waals surface area (Å²) in [6, 6.07) is 12.1. The Kier molecular flexibility index (Phi) is 6.25. The van der Waals surface area contributed by atoms with Crippen molar-refractivity contribution in [3.05, 3.63) is 69.8 Å². The lowest BCUT2D eigenvalue weighted by molar-refractivity contribution is -0.373. The van der Waals surface area contributed by atoms with Crippen LogP contribution in [-0.2, 0) is 18.9 Å². The van der Waals surface area contributed by atoms with Crippen LogP contribution >= 0.6 is 0 Å². The number of aliphatic hydroxyl groups excluding tert-OH is 2. The lowest BCUT2D eigenvalue weighted by atomic mass is 9.98. The molecule has 0 unspecified atom stereocenters. The second-order valence-electron chi connectivity index (χ2n) is 8.31. The zero-order valence-corrected chi connectivity index (χ0v) is 17.9. The molecule has 0 amide bonds. The van der Waals surface area contributed by atoms with Crippen LogP contribution < -0.4 is 0 Å². The van der Waals surface area contributed by atoms with Gasteiger partial charge < -0.3 is 29.2 Å². The van der Waals surface area contributed by atoms with Crippen LogP contribution in [0.1, 0.15) is 46.0 Å². The molecular formula is C24H30O6. The predicted octanol–water partition coefficient (Wildman–Crippen LogP) is 3.17. The quantitative estimate of drug-likeness (QED) is 0.800. The fourth-order valence-corrected chi connectivity index (χ4v) is 3.93. The summed E-state index contributed by atoms with van der Waals surface area (Å²) in [5.74, 6) is 0. The Morgan fingerprint density at radius 2 is 1.43 bits per heavy atom. The largest absolute Gasteiger partial charge is 0.394 e. The van der Waals surface area contributed by atoms with Crippen LogP contribution in [-0.4, -0.2) is 47.8 Å². The van der Waals surface area contributed by atoms with Gasteiger partial charge in [0.05, 0.1) is 13.2 Å². The molecule has 0 aliphatic carbocycles. The summed E-state index contributed by atoms with van der Waals surface area (Å²) in [5.41, 5.74) is 6.43. The van der Waals surface area contributed by atoms with Gasteiger partial charge in [-0.3, -0.25) is 0 Å². The minimum atomic E-state index is -1.09. The van der Waals surface area contributed by atoms with E-state index in [4.69, 9.17) is 18.9 Å². The molecule has 6 nitrogen and oxygen atoms in total. The van der Waals surface area contributed by atoms with E-state index in [9.17, 15) is 10.2 Å². The first-order valence-electron chi connectivity index (χ1n) is 10.4. The van der Waals surface area contributed by atoms with Crippen LogP contribution in [0.25, 0.3) is 0 Å². The first-order chi connectivity index (χ1) is 14.4. The Morgan fingerprint density at radius 3 is 2.00 bits per heavy atom. The lowest BCUT2D eigenvalue weighted by Crippen LogP contribution is -2.58. The molecule has 0 radical (unpaired) electrons. The van der Waals surface area contributed by atoms with Gasteiger partial charge in [-0.05, 0) is 49.9 Å². The molecule has 4 rings (SSSR count). The molecular weight excluding hydrogens is 384 g/mol. The summed E-state index contributed by atoms with van der Waals surface area (Å²) in [5, 5.41) is 20.1. The second-order valence-corrected chi connectivity index (χ2v) is 8.31. The van der Waals surface area contributed by atoms with Gasteiger partial charge in [0.15, 0.2) is 12.6 Å². The van der Waals surface area contributed by atoms with Crippen LogP contribution in [0.15, 0.2) is 36.4 Å². The summed E-state index contributed by atoms with van der Waals surface area (Å²) in [7, 11) is 0. The van der Waals surface area contributed by atoms with E-state index < -0.39 is 43.6 Å². The molecule has 0 spiro atoms. The molecule has 2 heterocycles. The highest BCUT2D eigenvalue weighted by molar-refractivity contribution is 5.32. The Bertz CT molecular complexity index is 895. The monoisotopic (exact) mass is 414 g/mol. The second kappa shape index (κ2) is 8.75. The average Bonchev–Trinajstić information content (AvgIpc) is 2.75. The molecule has 6 atom stereocenters. The van der Waals surface area contributed by atoms with E-state index in [2.05, 4.69) is 6.92 Å². The molecule has 2 saturated heterocycles. The van der Waals surface area contributed by atoms with Gasteiger partial charge in [0.25, 0.3) is 0 Å². The highest BCUT2D eigenvalue weighted by atomic mass is 16.8. The Balaban J connectivity index is 1.57. The smallest absolute Gasteiger partial charge is 0.184 e.